The lowest BCUT2D eigenvalue weighted by molar-refractivity contribution is -0.0172. The monoisotopic (exact) mass is 282 g/mol. The van der Waals surface area contributed by atoms with E-state index in [0.29, 0.717) is 12.6 Å². The molecule has 20 heavy (non-hydrogen) atoms. The van der Waals surface area contributed by atoms with Crippen LogP contribution in [-0.4, -0.2) is 58.7 Å². The molecule has 1 amide bonds. The fourth-order valence-electron chi connectivity index (χ4n) is 2.95. The lowest BCUT2D eigenvalue weighted by atomic mass is 10.2. The zero-order valence-electron chi connectivity index (χ0n) is 12.4. The average Bonchev–Trinajstić information content (AvgIpc) is 2.99. The second-order valence-electron chi connectivity index (χ2n) is 6.60. The van der Waals surface area contributed by atoms with Gasteiger partial charge in [-0.3, -0.25) is 5.01 Å². The Kier molecular flexibility index (Phi) is 2.97. The summed E-state index contributed by atoms with van der Waals surface area (Å²) in [6.07, 6.45) is 2.68. The van der Waals surface area contributed by atoms with Crippen molar-refractivity contribution in [2.24, 2.45) is 0 Å². The molecule has 0 saturated carbocycles. The van der Waals surface area contributed by atoms with E-state index >= 15 is 0 Å². The van der Waals surface area contributed by atoms with Gasteiger partial charge in [-0.15, -0.1) is 0 Å². The Labute approximate surface area is 119 Å². The first-order valence-corrected chi connectivity index (χ1v) is 6.97. The highest BCUT2D eigenvalue weighted by Gasteiger charge is 2.48. The molecule has 2 saturated heterocycles. The lowest BCUT2D eigenvalue weighted by Crippen LogP contribution is -2.49. The van der Waals surface area contributed by atoms with E-state index in [1.165, 1.54) is 0 Å². The fraction of sp³-hybridized carbons (Fsp3) is 0.769. The predicted octanol–water partition coefficient (Wildman–Crippen LogP) is 0.860. The van der Waals surface area contributed by atoms with E-state index in [1.54, 1.807) is 5.01 Å². The van der Waals surface area contributed by atoms with Crippen LogP contribution in [0, 0.1) is 0 Å². The number of carbonyl (C=O) groups excluding carboxylic acids is 1. The first-order chi connectivity index (χ1) is 9.33. The Morgan fingerprint density at radius 3 is 2.65 bits per heavy atom. The summed E-state index contributed by atoms with van der Waals surface area (Å²) in [5.41, 5.74) is 2.32. The van der Waals surface area contributed by atoms with Gasteiger partial charge in [0.2, 0.25) is 5.88 Å². The number of rotatable bonds is 1. The molecule has 2 atom stereocenters. The van der Waals surface area contributed by atoms with Crippen molar-refractivity contribution in [3.63, 3.8) is 0 Å². The number of ether oxygens (including phenoxy) is 1. The van der Waals surface area contributed by atoms with Gasteiger partial charge >= 0.3 is 6.09 Å². The van der Waals surface area contributed by atoms with Gasteiger partial charge in [-0.25, -0.2) is 4.79 Å². The predicted molar refractivity (Wildman–Crippen MR) is 71.9 cm³/mol. The molecule has 0 spiro atoms. The molecular formula is C13H22N4O3. The molecule has 3 heterocycles. The topological polar surface area (TPSA) is 57.3 Å². The van der Waals surface area contributed by atoms with E-state index in [9.17, 15) is 4.79 Å². The third kappa shape index (κ3) is 2.37. The van der Waals surface area contributed by atoms with Gasteiger partial charge in [-0.2, -0.15) is 0 Å². The van der Waals surface area contributed by atoms with Crippen molar-refractivity contribution < 1.29 is 14.4 Å². The van der Waals surface area contributed by atoms with Gasteiger partial charge in [0.15, 0.2) is 0 Å². The minimum atomic E-state index is -0.442. The van der Waals surface area contributed by atoms with Crippen LogP contribution < -0.4 is 5.59 Å². The molecule has 7 nitrogen and oxygen atoms in total. The van der Waals surface area contributed by atoms with Crippen molar-refractivity contribution >= 4 is 6.09 Å². The summed E-state index contributed by atoms with van der Waals surface area (Å²) >= 11 is 0. The minimum Gasteiger partial charge on any atom is -0.444 e. The van der Waals surface area contributed by atoms with Crippen molar-refractivity contribution in [2.75, 3.05) is 20.1 Å². The standard InChI is InChI=1S/C13H22N4O3/c1-13(2,3)19-12(18)17-7-9-5-10(17)6-16(9)11-8-15(4)14-20-11/h8-10,14H,5-7H2,1-4H3. The zero-order valence-corrected chi connectivity index (χ0v) is 12.4. The first-order valence-electron chi connectivity index (χ1n) is 6.97. The number of fused-ring (bicyclic) bond motifs is 2. The van der Waals surface area contributed by atoms with Crippen molar-refractivity contribution in [3.05, 3.63) is 12.1 Å². The van der Waals surface area contributed by atoms with E-state index in [0.717, 1.165) is 18.8 Å². The first kappa shape index (κ1) is 13.4. The average molecular weight is 282 g/mol. The molecule has 1 N–H and O–H groups in total. The number of piperazine rings is 1. The van der Waals surface area contributed by atoms with Gasteiger partial charge in [0, 0.05) is 20.1 Å². The molecule has 0 aliphatic carbocycles. The Morgan fingerprint density at radius 1 is 1.40 bits per heavy atom. The maximum absolute atomic E-state index is 12.1. The van der Waals surface area contributed by atoms with Gasteiger partial charge in [-0.05, 0) is 27.2 Å². The molecule has 0 aromatic rings. The van der Waals surface area contributed by atoms with Gasteiger partial charge in [0.1, 0.15) is 5.60 Å². The van der Waals surface area contributed by atoms with Gasteiger partial charge < -0.3 is 19.4 Å². The van der Waals surface area contributed by atoms with Crippen LogP contribution in [0.3, 0.4) is 0 Å². The zero-order chi connectivity index (χ0) is 14.5. The quantitative estimate of drug-likeness (QED) is 0.770. The highest BCUT2D eigenvalue weighted by Crippen LogP contribution is 2.35. The van der Waals surface area contributed by atoms with Gasteiger partial charge in [0.05, 0.1) is 18.3 Å². The number of carbonyl (C=O) groups is 1. The van der Waals surface area contributed by atoms with E-state index in [4.69, 9.17) is 9.57 Å². The van der Waals surface area contributed by atoms with E-state index in [1.807, 2.05) is 38.9 Å². The number of hydrogen-bond acceptors (Lipinski definition) is 6. The molecule has 112 valence electrons. The summed E-state index contributed by atoms with van der Waals surface area (Å²) in [6.45, 7) is 7.17. The van der Waals surface area contributed by atoms with Crippen LogP contribution in [0.5, 0.6) is 0 Å². The van der Waals surface area contributed by atoms with Crippen LogP contribution in [0.25, 0.3) is 0 Å². The van der Waals surface area contributed by atoms with Crippen LogP contribution in [0.15, 0.2) is 12.1 Å². The molecule has 2 unspecified atom stereocenters. The molecule has 3 aliphatic rings. The summed E-state index contributed by atoms with van der Waals surface area (Å²) in [5, 5.41) is 1.77. The number of hydrazine groups is 1. The molecule has 2 fully saturated rings. The second kappa shape index (κ2) is 4.44. The van der Waals surface area contributed by atoms with E-state index in [-0.39, 0.29) is 12.1 Å². The summed E-state index contributed by atoms with van der Waals surface area (Å²) in [5.74, 6) is 0.823. The van der Waals surface area contributed by atoms with Crippen LogP contribution in [0.2, 0.25) is 0 Å². The molecule has 0 aromatic heterocycles. The minimum absolute atomic E-state index is 0.207. The van der Waals surface area contributed by atoms with Crippen LogP contribution in [0.1, 0.15) is 27.2 Å². The smallest absolute Gasteiger partial charge is 0.410 e. The van der Waals surface area contributed by atoms with Gasteiger partial charge in [0.25, 0.3) is 0 Å². The summed E-state index contributed by atoms with van der Waals surface area (Å²) in [7, 11) is 1.88. The van der Waals surface area contributed by atoms with Crippen LogP contribution in [0.4, 0.5) is 4.79 Å². The highest BCUT2D eigenvalue weighted by atomic mass is 16.7. The third-order valence-electron chi connectivity index (χ3n) is 3.75. The van der Waals surface area contributed by atoms with Crippen molar-refractivity contribution in [2.45, 2.75) is 44.9 Å². The Bertz CT molecular complexity index is 445. The normalized spacial score (nSPS) is 28.8. The SMILES string of the molecule is CN1C=C(N2CC3CC2CN3C(=O)OC(C)(C)C)ON1. The van der Waals surface area contributed by atoms with Crippen molar-refractivity contribution in [1.82, 2.24) is 20.4 Å². The third-order valence-corrected chi connectivity index (χ3v) is 3.75. The summed E-state index contributed by atoms with van der Waals surface area (Å²) in [6, 6.07) is 0.525. The summed E-state index contributed by atoms with van der Waals surface area (Å²) in [4.78, 5) is 21.6. The number of nitrogens with zero attached hydrogens (tertiary/aromatic N) is 3. The summed E-state index contributed by atoms with van der Waals surface area (Å²) < 4.78 is 5.45. The van der Waals surface area contributed by atoms with Crippen molar-refractivity contribution in [1.29, 1.82) is 0 Å². The highest BCUT2D eigenvalue weighted by molar-refractivity contribution is 5.69. The maximum atomic E-state index is 12.1. The number of nitrogens with one attached hydrogen (secondary N) is 1. The second-order valence-corrected chi connectivity index (χ2v) is 6.60. The van der Waals surface area contributed by atoms with Gasteiger partial charge in [-0.1, -0.05) is 5.59 Å². The van der Waals surface area contributed by atoms with E-state index in [2.05, 4.69) is 10.5 Å². The molecule has 0 aromatic carbocycles. The molecule has 2 bridgehead atoms. The number of amides is 1. The number of likely N-dealkylation sites (tertiary alicyclic amines) is 2. The maximum Gasteiger partial charge on any atom is 0.410 e. The fourth-order valence-corrected chi connectivity index (χ4v) is 2.95. The molecule has 3 aliphatic heterocycles. The van der Waals surface area contributed by atoms with E-state index < -0.39 is 5.60 Å². The Hall–Kier alpha value is -1.63. The Morgan fingerprint density at radius 2 is 2.15 bits per heavy atom. The molecule has 7 heteroatoms. The number of hydrogen-bond donors (Lipinski definition) is 1. The van der Waals surface area contributed by atoms with Crippen LogP contribution >= 0.6 is 0 Å². The molecule has 3 rings (SSSR count). The molecule has 0 radical (unpaired) electrons. The van der Waals surface area contributed by atoms with Crippen LogP contribution in [-0.2, 0) is 9.57 Å². The lowest BCUT2D eigenvalue weighted by Gasteiger charge is -2.35. The largest absolute Gasteiger partial charge is 0.444 e. The molecular weight excluding hydrogens is 260 g/mol. The Balaban J connectivity index is 1.62. The van der Waals surface area contributed by atoms with Crippen molar-refractivity contribution in [3.8, 4) is 0 Å².